The minimum absolute atomic E-state index is 0.0545. The summed E-state index contributed by atoms with van der Waals surface area (Å²) in [5, 5.41) is 8.92. The summed E-state index contributed by atoms with van der Waals surface area (Å²) < 4.78 is 0. The van der Waals surface area contributed by atoms with Crippen LogP contribution in [0.3, 0.4) is 0 Å². The van der Waals surface area contributed by atoms with Crippen LogP contribution >= 0.6 is 0 Å². The summed E-state index contributed by atoms with van der Waals surface area (Å²) in [6.07, 6.45) is 5.69. The summed E-state index contributed by atoms with van der Waals surface area (Å²) >= 11 is 0. The molecule has 1 N–H and O–H groups in total. The van der Waals surface area contributed by atoms with E-state index in [9.17, 15) is 9.59 Å². The molecule has 17 heavy (non-hydrogen) atoms. The smallest absolute Gasteiger partial charge is 0.306 e. The molecule has 0 aromatic carbocycles. The number of hydrogen-bond donors (Lipinski definition) is 1. The SMILES string of the molecule is CN(CC1CCC1)C(=O)[C@@H]1CC[C@H](C(=O)O)C1. The molecule has 1 amide bonds. The second-order valence-corrected chi connectivity index (χ2v) is 5.56. The molecule has 0 unspecified atom stereocenters. The molecule has 0 bridgehead atoms. The number of nitrogens with zero attached hydrogens (tertiary/aromatic N) is 1. The molecule has 0 aliphatic heterocycles. The third-order valence-corrected chi connectivity index (χ3v) is 4.26. The van der Waals surface area contributed by atoms with Crippen LogP contribution in [0.1, 0.15) is 38.5 Å². The van der Waals surface area contributed by atoms with Crippen molar-refractivity contribution in [2.24, 2.45) is 17.8 Å². The van der Waals surface area contributed by atoms with Gasteiger partial charge in [0.15, 0.2) is 0 Å². The lowest BCUT2D eigenvalue weighted by Crippen LogP contribution is -2.37. The normalized spacial score (nSPS) is 28.8. The van der Waals surface area contributed by atoms with Crippen molar-refractivity contribution >= 4 is 11.9 Å². The van der Waals surface area contributed by atoms with E-state index in [-0.39, 0.29) is 17.7 Å². The highest BCUT2D eigenvalue weighted by molar-refractivity contribution is 5.80. The Bertz CT molecular complexity index is 312. The van der Waals surface area contributed by atoms with E-state index in [1.807, 2.05) is 11.9 Å². The molecule has 2 fully saturated rings. The largest absolute Gasteiger partial charge is 0.481 e. The van der Waals surface area contributed by atoms with E-state index in [0.29, 0.717) is 18.8 Å². The van der Waals surface area contributed by atoms with Crippen molar-refractivity contribution < 1.29 is 14.7 Å². The first-order valence-electron chi connectivity index (χ1n) is 6.55. The monoisotopic (exact) mass is 239 g/mol. The van der Waals surface area contributed by atoms with E-state index in [0.717, 1.165) is 13.0 Å². The Morgan fingerprint density at radius 3 is 2.29 bits per heavy atom. The van der Waals surface area contributed by atoms with E-state index in [1.165, 1.54) is 19.3 Å². The van der Waals surface area contributed by atoms with Crippen molar-refractivity contribution in [3.63, 3.8) is 0 Å². The first-order chi connectivity index (χ1) is 8.08. The quantitative estimate of drug-likeness (QED) is 0.813. The average molecular weight is 239 g/mol. The van der Waals surface area contributed by atoms with Crippen LogP contribution in [0.15, 0.2) is 0 Å². The molecule has 0 saturated heterocycles. The Kier molecular flexibility index (Phi) is 3.69. The Balaban J connectivity index is 1.81. The van der Waals surface area contributed by atoms with E-state index in [2.05, 4.69) is 0 Å². The molecule has 2 aliphatic rings. The molecular weight excluding hydrogens is 218 g/mol. The van der Waals surface area contributed by atoms with Gasteiger partial charge < -0.3 is 10.0 Å². The predicted octanol–water partition coefficient (Wildman–Crippen LogP) is 1.75. The molecule has 0 aromatic heterocycles. The molecule has 2 rings (SSSR count). The lowest BCUT2D eigenvalue weighted by Gasteiger charge is -2.31. The molecule has 2 atom stereocenters. The molecule has 0 spiro atoms. The van der Waals surface area contributed by atoms with Crippen molar-refractivity contribution in [3.8, 4) is 0 Å². The first-order valence-corrected chi connectivity index (χ1v) is 6.55. The van der Waals surface area contributed by atoms with Gasteiger partial charge in [-0.3, -0.25) is 9.59 Å². The minimum atomic E-state index is -0.748. The third-order valence-electron chi connectivity index (χ3n) is 4.26. The number of hydrogen-bond acceptors (Lipinski definition) is 2. The third kappa shape index (κ3) is 2.79. The number of rotatable bonds is 4. The molecule has 4 heteroatoms. The van der Waals surface area contributed by atoms with Gasteiger partial charge in [0.1, 0.15) is 0 Å². The average Bonchev–Trinajstić information content (AvgIpc) is 2.71. The van der Waals surface area contributed by atoms with Gasteiger partial charge in [-0.15, -0.1) is 0 Å². The fraction of sp³-hybridized carbons (Fsp3) is 0.846. The van der Waals surface area contributed by atoms with E-state index < -0.39 is 5.97 Å². The maximum Gasteiger partial charge on any atom is 0.306 e. The fourth-order valence-electron chi connectivity index (χ4n) is 2.89. The van der Waals surface area contributed by atoms with Gasteiger partial charge >= 0.3 is 5.97 Å². The van der Waals surface area contributed by atoms with Crippen molar-refractivity contribution in [2.75, 3.05) is 13.6 Å². The maximum absolute atomic E-state index is 12.1. The Hall–Kier alpha value is -1.06. The lowest BCUT2D eigenvalue weighted by atomic mass is 9.85. The van der Waals surface area contributed by atoms with Crippen LogP contribution in [-0.4, -0.2) is 35.5 Å². The standard InChI is InChI=1S/C13H21NO3/c1-14(8-9-3-2-4-9)12(15)10-5-6-11(7-10)13(16)17/h9-11H,2-8H2,1H3,(H,16,17)/t10-,11+/m1/s1. The van der Waals surface area contributed by atoms with Crippen molar-refractivity contribution in [1.29, 1.82) is 0 Å². The zero-order chi connectivity index (χ0) is 12.4. The van der Waals surface area contributed by atoms with Gasteiger partial charge in [0.2, 0.25) is 5.91 Å². The maximum atomic E-state index is 12.1. The summed E-state index contributed by atoms with van der Waals surface area (Å²) in [6.45, 7) is 0.854. The summed E-state index contributed by atoms with van der Waals surface area (Å²) in [4.78, 5) is 24.8. The number of carboxylic acid groups (broad SMARTS) is 1. The van der Waals surface area contributed by atoms with Crippen LogP contribution in [0.2, 0.25) is 0 Å². The van der Waals surface area contributed by atoms with Gasteiger partial charge in [0.25, 0.3) is 0 Å². The Morgan fingerprint density at radius 1 is 1.18 bits per heavy atom. The van der Waals surface area contributed by atoms with E-state index in [4.69, 9.17) is 5.11 Å². The van der Waals surface area contributed by atoms with Crippen LogP contribution in [0, 0.1) is 17.8 Å². The van der Waals surface area contributed by atoms with Crippen LogP contribution < -0.4 is 0 Å². The highest BCUT2D eigenvalue weighted by Gasteiger charge is 2.35. The van der Waals surface area contributed by atoms with Crippen molar-refractivity contribution in [1.82, 2.24) is 4.90 Å². The predicted molar refractivity (Wildman–Crippen MR) is 63.4 cm³/mol. The number of carbonyl (C=O) groups excluding carboxylic acids is 1. The Morgan fingerprint density at radius 2 is 1.82 bits per heavy atom. The molecule has 0 radical (unpaired) electrons. The van der Waals surface area contributed by atoms with E-state index >= 15 is 0 Å². The van der Waals surface area contributed by atoms with Gasteiger partial charge in [-0.25, -0.2) is 0 Å². The number of aliphatic carboxylic acids is 1. The second-order valence-electron chi connectivity index (χ2n) is 5.56. The molecule has 2 saturated carbocycles. The second kappa shape index (κ2) is 5.07. The van der Waals surface area contributed by atoms with Gasteiger partial charge in [-0.05, 0) is 38.0 Å². The summed E-state index contributed by atoms with van der Waals surface area (Å²) in [5.41, 5.74) is 0. The zero-order valence-corrected chi connectivity index (χ0v) is 10.4. The summed E-state index contributed by atoms with van der Waals surface area (Å²) in [5.74, 6) is -0.273. The van der Waals surface area contributed by atoms with Gasteiger partial charge in [0, 0.05) is 19.5 Å². The van der Waals surface area contributed by atoms with Gasteiger partial charge in [-0.1, -0.05) is 6.42 Å². The van der Waals surface area contributed by atoms with Crippen LogP contribution in [0.25, 0.3) is 0 Å². The van der Waals surface area contributed by atoms with Crippen LogP contribution in [0.5, 0.6) is 0 Å². The summed E-state index contributed by atoms with van der Waals surface area (Å²) in [6, 6.07) is 0. The Labute approximate surface area is 102 Å². The molecule has 2 aliphatic carbocycles. The molecule has 96 valence electrons. The minimum Gasteiger partial charge on any atom is -0.481 e. The molecule has 0 aromatic rings. The van der Waals surface area contributed by atoms with Crippen molar-refractivity contribution in [2.45, 2.75) is 38.5 Å². The lowest BCUT2D eigenvalue weighted by molar-refractivity contribution is -0.141. The topological polar surface area (TPSA) is 57.6 Å². The zero-order valence-electron chi connectivity index (χ0n) is 10.4. The number of carboxylic acids is 1. The van der Waals surface area contributed by atoms with E-state index in [1.54, 1.807) is 0 Å². The number of carbonyl (C=O) groups is 2. The summed E-state index contributed by atoms with van der Waals surface area (Å²) in [7, 11) is 1.86. The fourth-order valence-corrected chi connectivity index (χ4v) is 2.89. The van der Waals surface area contributed by atoms with Crippen LogP contribution in [0.4, 0.5) is 0 Å². The number of amides is 1. The van der Waals surface area contributed by atoms with Gasteiger partial charge in [0.05, 0.1) is 5.92 Å². The molecule has 4 nitrogen and oxygen atoms in total. The molecule has 0 heterocycles. The van der Waals surface area contributed by atoms with Crippen molar-refractivity contribution in [3.05, 3.63) is 0 Å². The first kappa shape index (κ1) is 12.4. The highest BCUT2D eigenvalue weighted by atomic mass is 16.4. The van der Waals surface area contributed by atoms with Crippen LogP contribution in [-0.2, 0) is 9.59 Å². The highest BCUT2D eigenvalue weighted by Crippen LogP contribution is 2.33. The molecular formula is C13H21NO3. The van der Waals surface area contributed by atoms with Gasteiger partial charge in [-0.2, -0.15) is 0 Å².